The number of aryl methyl sites for hydroxylation is 1. The highest BCUT2D eigenvalue weighted by atomic mass is 16.2. The zero-order valence-corrected chi connectivity index (χ0v) is 14.8. The van der Waals surface area contributed by atoms with E-state index in [1.165, 1.54) is 32.1 Å². The van der Waals surface area contributed by atoms with Crippen LogP contribution in [0.3, 0.4) is 0 Å². The Kier molecular flexibility index (Phi) is 4.61. The van der Waals surface area contributed by atoms with Gasteiger partial charge >= 0.3 is 0 Å². The maximum absolute atomic E-state index is 13.2. The van der Waals surface area contributed by atoms with E-state index in [1.807, 2.05) is 17.9 Å². The number of carbonyl (C=O) groups is 1. The molecule has 0 bridgehead atoms. The fourth-order valence-corrected chi connectivity index (χ4v) is 4.94. The topological polar surface area (TPSA) is 50.2 Å². The molecular formula is C19H30N4O. The molecule has 1 N–H and O–H groups in total. The molecule has 0 spiro atoms. The summed E-state index contributed by atoms with van der Waals surface area (Å²) in [7, 11) is 1.95. The first-order valence-electron chi connectivity index (χ1n) is 9.76. The average Bonchev–Trinajstić information content (AvgIpc) is 3.17. The molecule has 24 heavy (non-hydrogen) atoms. The van der Waals surface area contributed by atoms with Crippen LogP contribution in [0.4, 0.5) is 0 Å². The smallest absolute Gasteiger partial charge is 0.257 e. The maximum Gasteiger partial charge on any atom is 0.257 e. The van der Waals surface area contributed by atoms with E-state index in [-0.39, 0.29) is 5.91 Å². The summed E-state index contributed by atoms with van der Waals surface area (Å²) in [6.07, 6.45) is 10.5. The monoisotopic (exact) mass is 330 g/mol. The van der Waals surface area contributed by atoms with Crippen LogP contribution in [-0.2, 0) is 7.05 Å². The zero-order valence-electron chi connectivity index (χ0n) is 14.8. The van der Waals surface area contributed by atoms with Crippen LogP contribution in [-0.4, -0.2) is 46.8 Å². The molecule has 3 aliphatic rings. The molecule has 0 unspecified atom stereocenters. The van der Waals surface area contributed by atoms with Crippen LogP contribution >= 0.6 is 0 Å². The van der Waals surface area contributed by atoms with E-state index < -0.39 is 0 Å². The Balaban J connectivity index is 1.51. The molecule has 5 nitrogen and oxygen atoms in total. The van der Waals surface area contributed by atoms with Crippen LogP contribution in [0, 0.1) is 11.8 Å². The largest absolute Gasteiger partial charge is 0.339 e. The Morgan fingerprint density at radius 3 is 2.42 bits per heavy atom. The quantitative estimate of drug-likeness (QED) is 0.906. The molecule has 2 aliphatic heterocycles. The Hall–Kier alpha value is -1.36. The maximum atomic E-state index is 13.2. The third kappa shape index (κ3) is 3.10. The second-order valence-electron chi connectivity index (χ2n) is 7.98. The van der Waals surface area contributed by atoms with Crippen molar-refractivity contribution in [3.8, 4) is 0 Å². The summed E-state index contributed by atoms with van der Waals surface area (Å²) in [5.41, 5.74) is 1.93. The molecule has 1 aromatic rings. The van der Waals surface area contributed by atoms with Gasteiger partial charge < -0.3 is 10.2 Å². The number of hydrogen-bond acceptors (Lipinski definition) is 3. The summed E-state index contributed by atoms with van der Waals surface area (Å²) in [4.78, 5) is 15.3. The fraction of sp³-hybridized carbons (Fsp3) is 0.789. The van der Waals surface area contributed by atoms with Gasteiger partial charge in [-0.1, -0.05) is 19.3 Å². The lowest BCUT2D eigenvalue weighted by Gasteiger charge is -2.24. The van der Waals surface area contributed by atoms with Crippen molar-refractivity contribution in [1.29, 1.82) is 0 Å². The minimum atomic E-state index is 0.219. The number of nitrogens with one attached hydrogen (secondary N) is 1. The SMILES string of the molecule is Cn1cc(C(=O)N2CC[C@@H]3CNC[C@@H]3CC2)c(C2CCCCC2)n1. The van der Waals surface area contributed by atoms with Crippen LogP contribution in [0.25, 0.3) is 0 Å². The third-order valence-electron chi connectivity index (χ3n) is 6.39. The van der Waals surface area contributed by atoms with Crippen molar-refractivity contribution in [1.82, 2.24) is 20.0 Å². The van der Waals surface area contributed by atoms with E-state index in [2.05, 4.69) is 10.2 Å². The number of fused-ring (bicyclic) bond motifs is 1. The van der Waals surface area contributed by atoms with Crippen molar-refractivity contribution in [2.75, 3.05) is 26.2 Å². The zero-order chi connectivity index (χ0) is 16.5. The van der Waals surface area contributed by atoms with Crippen molar-refractivity contribution < 1.29 is 4.79 Å². The van der Waals surface area contributed by atoms with Crippen molar-refractivity contribution in [2.45, 2.75) is 50.9 Å². The molecule has 1 amide bonds. The number of rotatable bonds is 2. The molecule has 3 heterocycles. The van der Waals surface area contributed by atoms with Gasteiger partial charge in [0.2, 0.25) is 0 Å². The molecule has 2 saturated heterocycles. The Morgan fingerprint density at radius 1 is 1.08 bits per heavy atom. The van der Waals surface area contributed by atoms with Crippen molar-refractivity contribution in [2.24, 2.45) is 18.9 Å². The van der Waals surface area contributed by atoms with Crippen LogP contribution in [0.5, 0.6) is 0 Å². The average molecular weight is 330 g/mol. The first kappa shape index (κ1) is 16.1. The molecule has 2 atom stereocenters. The lowest BCUT2D eigenvalue weighted by Crippen LogP contribution is -2.33. The molecule has 5 heteroatoms. The molecule has 1 aliphatic carbocycles. The first-order chi connectivity index (χ1) is 11.7. The Morgan fingerprint density at radius 2 is 1.75 bits per heavy atom. The number of likely N-dealkylation sites (tertiary alicyclic amines) is 1. The summed E-state index contributed by atoms with van der Waals surface area (Å²) in [5, 5.41) is 8.20. The highest BCUT2D eigenvalue weighted by Crippen LogP contribution is 2.34. The van der Waals surface area contributed by atoms with Crippen LogP contribution in [0.2, 0.25) is 0 Å². The number of amides is 1. The van der Waals surface area contributed by atoms with Gasteiger partial charge in [-0.05, 0) is 50.6 Å². The lowest BCUT2D eigenvalue weighted by atomic mass is 9.85. The summed E-state index contributed by atoms with van der Waals surface area (Å²) in [6.45, 7) is 4.07. The third-order valence-corrected chi connectivity index (χ3v) is 6.39. The van der Waals surface area contributed by atoms with E-state index in [9.17, 15) is 4.79 Å². The predicted octanol–water partition coefficient (Wildman–Crippen LogP) is 2.54. The van der Waals surface area contributed by atoms with E-state index in [4.69, 9.17) is 5.10 Å². The van der Waals surface area contributed by atoms with Gasteiger partial charge in [-0.3, -0.25) is 9.48 Å². The number of hydrogen-bond donors (Lipinski definition) is 1. The molecule has 3 fully saturated rings. The highest BCUT2D eigenvalue weighted by molar-refractivity contribution is 5.95. The number of nitrogens with zero attached hydrogens (tertiary/aromatic N) is 3. The predicted molar refractivity (Wildman–Crippen MR) is 94.0 cm³/mol. The van der Waals surface area contributed by atoms with Crippen molar-refractivity contribution >= 4 is 5.91 Å². The molecule has 1 aromatic heterocycles. The molecule has 1 saturated carbocycles. The van der Waals surface area contributed by atoms with Crippen molar-refractivity contribution in [3.05, 3.63) is 17.5 Å². The summed E-state index contributed by atoms with van der Waals surface area (Å²) >= 11 is 0. The Labute approximate surface area is 144 Å². The van der Waals surface area contributed by atoms with Crippen LogP contribution in [0.15, 0.2) is 6.20 Å². The lowest BCUT2D eigenvalue weighted by molar-refractivity contribution is 0.0756. The minimum absolute atomic E-state index is 0.219. The van der Waals surface area contributed by atoms with Crippen LogP contribution in [0.1, 0.15) is 66.9 Å². The van der Waals surface area contributed by atoms with E-state index in [0.29, 0.717) is 5.92 Å². The molecular weight excluding hydrogens is 300 g/mol. The summed E-state index contributed by atoms with van der Waals surface area (Å²) < 4.78 is 1.84. The number of carbonyl (C=O) groups excluding carboxylic acids is 1. The van der Waals surface area contributed by atoms with E-state index >= 15 is 0 Å². The first-order valence-corrected chi connectivity index (χ1v) is 9.76. The normalized spacial score (nSPS) is 28.6. The van der Waals surface area contributed by atoms with Gasteiger partial charge in [-0.25, -0.2) is 0 Å². The fourth-order valence-electron chi connectivity index (χ4n) is 4.94. The van der Waals surface area contributed by atoms with Crippen molar-refractivity contribution in [3.63, 3.8) is 0 Å². The van der Waals surface area contributed by atoms with E-state index in [0.717, 1.165) is 62.1 Å². The minimum Gasteiger partial charge on any atom is -0.339 e. The highest BCUT2D eigenvalue weighted by Gasteiger charge is 2.33. The second kappa shape index (κ2) is 6.87. The standard InChI is InChI=1S/C19H30N4O/c1-22-13-17(18(21-22)14-5-3-2-4-6-14)19(24)23-9-7-15-11-20-12-16(15)8-10-23/h13-16,20H,2-12H2,1H3/t15-,16+. The second-order valence-corrected chi connectivity index (χ2v) is 7.98. The van der Waals surface area contributed by atoms with Gasteiger partial charge in [0.15, 0.2) is 0 Å². The Bertz CT molecular complexity index is 576. The summed E-state index contributed by atoms with van der Waals surface area (Å²) in [6, 6.07) is 0. The molecule has 4 rings (SSSR count). The van der Waals surface area contributed by atoms with Gasteiger partial charge in [0.1, 0.15) is 0 Å². The van der Waals surface area contributed by atoms with E-state index in [1.54, 1.807) is 0 Å². The van der Waals surface area contributed by atoms with Crippen LogP contribution < -0.4 is 5.32 Å². The summed E-state index contributed by atoms with van der Waals surface area (Å²) in [5.74, 6) is 2.22. The van der Waals surface area contributed by atoms with Gasteiger partial charge in [0.05, 0.1) is 11.3 Å². The van der Waals surface area contributed by atoms with Gasteiger partial charge in [-0.2, -0.15) is 5.10 Å². The molecule has 132 valence electrons. The molecule has 0 radical (unpaired) electrons. The van der Waals surface area contributed by atoms with Gasteiger partial charge in [0.25, 0.3) is 5.91 Å². The van der Waals surface area contributed by atoms with Gasteiger partial charge in [-0.15, -0.1) is 0 Å². The molecule has 0 aromatic carbocycles. The number of aromatic nitrogens is 2. The van der Waals surface area contributed by atoms with Gasteiger partial charge in [0, 0.05) is 32.3 Å².